The van der Waals surface area contributed by atoms with Gasteiger partial charge in [0, 0.05) is 6.54 Å². The van der Waals surface area contributed by atoms with Crippen LogP contribution in [0.5, 0.6) is 11.5 Å². The highest BCUT2D eigenvalue weighted by Crippen LogP contribution is 2.53. The van der Waals surface area contributed by atoms with E-state index in [0.717, 1.165) is 25.7 Å². The number of carbonyl (C=O) groups excluding carboxylic acids is 3. The highest BCUT2D eigenvalue weighted by molar-refractivity contribution is 7.55. The van der Waals surface area contributed by atoms with E-state index in [-0.39, 0.29) is 12.0 Å². The van der Waals surface area contributed by atoms with Crippen molar-refractivity contribution in [1.82, 2.24) is 15.5 Å². The predicted octanol–water partition coefficient (Wildman–Crippen LogP) is 6.65. The van der Waals surface area contributed by atoms with E-state index in [1.54, 1.807) is 48.5 Å². The van der Waals surface area contributed by atoms with Crippen molar-refractivity contribution in [3.63, 3.8) is 0 Å². The Hall–Kier alpha value is -3.52. The van der Waals surface area contributed by atoms with E-state index in [4.69, 9.17) is 13.8 Å². The molecule has 2 aromatic carbocycles. The van der Waals surface area contributed by atoms with Gasteiger partial charge in [-0.3, -0.25) is 9.59 Å². The molecule has 1 aliphatic carbocycles. The molecule has 1 heterocycles. The fraction of sp³-hybridized carbons (Fsp3) is 0.545. The van der Waals surface area contributed by atoms with E-state index in [1.807, 2.05) is 39.8 Å². The quantitative estimate of drug-likeness (QED) is 0.253. The number of ether oxygens (including phenoxy) is 1. The number of carbonyl (C=O) groups is 3. The van der Waals surface area contributed by atoms with Crippen molar-refractivity contribution in [2.24, 2.45) is 5.41 Å². The maximum absolute atomic E-state index is 14.5. The van der Waals surface area contributed by atoms with Crippen molar-refractivity contribution in [2.45, 2.75) is 103 Å². The highest BCUT2D eigenvalue weighted by Gasteiger charge is 2.45. The smallest absolute Gasteiger partial charge is 0.446 e. The summed E-state index contributed by atoms with van der Waals surface area (Å²) in [5, 5.41) is 5.73. The van der Waals surface area contributed by atoms with Crippen LogP contribution >= 0.6 is 7.60 Å². The van der Waals surface area contributed by atoms with Crippen molar-refractivity contribution < 1.29 is 32.7 Å². The molecule has 3 atom stereocenters. The van der Waals surface area contributed by atoms with Gasteiger partial charge in [0.05, 0.1) is 0 Å². The summed E-state index contributed by atoms with van der Waals surface area (Å²) < 4.78 is 32.1. The van der Waals surface area contributed by atoms with Gasteiger partial charge in [0.25, 0.3) is 0 Å². The number of rotatable bonds is 12. The van der Waals surface area contributed by atoms with Crippen LogP contribution in [-0.2, 0) is 18.9 Å². The molecule has 1 saturated carbocycles. The zero-order chi connectivity index (χ0) is 31.7. The zero-order valence-corrected chi connectivity index (χ0v) is 27.1. The highest BCUT2D eigenvalue weighted by atomic mass is 31.2. The SMILES string of the molecule is CCCC(NC(=O)[C@@H]1CCCN1C(=O)[C@@H](NC(=O)OC1CCCC1)C(C)(C)C)P(=O)(Oc1ccccc1)Oc1ccccc1. The van der Waals surface area contributed by atoms with Crippen LogP contribution in [-0.4, -0.2) is 53.3 Å². The molecule has 0 bridgehead atoms. The molecule has 1 saturated heterocycles. The molecule has 10 nitrogen and oxygen atoms in total. The third-order valence-corrected chi connectivity index (χ3v) is 10.1. The summed E-state index contributed by atoms with van der Waals surface area (Å²) in [4.78, 5) is 42.1. The summed E-state index contributed by atoms with van der Waals surface area (Å²) in [7, 11) is -4.02. The molecule has 11 heteroatoms. The number of hydrogen-bond donors (Lipinski definition) is 2. The molecular weight excluding hydrogens is 581 g/mol. The number of nitrogens with zero attached hydrogens (tertiary/aromatic N) is 1. The van der Waals surface area contributed by atoms with Gasteiger partial charge in [-0.15, -0.1) is 0 Å². The van der Waals surface area contributed by atoms with Gasteiger partial charge in [0.15, 0.2) is 5.78 Å². The van der Waals surface area contributed by atoms with Crippen molar-refractivity contribution in [2.75, 3.05) is 6.54 Å². The molecule has 2 N–H and O–H groups in total. The number of hydrogen-bond acceptors (Lipinski definition) is 7. The van der Waals surface area contributed by atoms with Crippen LogP contribution < -0.4 is 19.7 Å². The third kappa shape index (κ3) is 8.78. The van der Waals surface area contributed by atoms with Crippen molar-refractivity contribution in [3.05, 3.63) is 60.7 Å². The second-order valence-corrected chi connectivity index (χ2v) is 14.7. The second-order valence-electron chi connectivity index (χ2n) is 12.6. The van der Waals surface area contributed by atoms with Crippen LogP contribution in [0.2, 0.25) is 0 Å². The number of likely N-dealkylation sites (tertiary alicyclic amines) is 1. The van der Waals surface area contributed by atoms with Crippen LogP contribution in [0.1, 0.15) is 79.1 Å². The third-order valence-electron chi connectivity index (χ3n) is 7.99. The number of alkyl carbamates (subject to hydrolysis) is 1. The minimum Gasteiger partial charge on any atom is -0.446 e. The van der Waals surface area contributed by atoms with Gasteiger partial charge in [-0.2, -0.15) is 0 Å². The fourth-order valence-electron chi connectivity index (χ4n) is 5.67. The maximum Gasteiger partial charge on any atom is 0.452 e. The average Bonchev–Trinajstić information content (AvgIpc) is 3.68. The first-order valence-corrected chi connectivity index (χ1v) is 17.3. The molecule has 2 fully saturated rings. The Balaban J connectivity index is 1.53. The molecule has 1 unspecified atom stereocenters. The summed E-state index contributed by atoms with van der Waals surface area (Å²) in [6.07, 6.45) is 4.88. The summed E-state index contributed by atoms with van der Waals surface area (Å²) >= 11 is 0. The topological polar surface area (TPSA) is 123 Å². The number of benzene rings is 2. The second kappa shape index (κ2) is 15.0. The van der Waals surface area contributed by atoms with Gasteiger partial charge in [-0.25, -0.2) is 9.36 Å². The van der Waals surface area contributed by atoms with Gasteiger partial charge in [-0.1, -0.05) is 70.5 Å². The van der Waals surface area contributed by atoms with Gasteiger partial charge in [-0.05, 0) is 74.6 Å². The summed E-state index contributed by atoms with van der Waals surface area (Å²) in [5.41, 5.74) is -0.636. The van der Waals surface area contributed by atoms with Crippen molar-refractivity contribution in [3.8, 4) is 11.5 Å². The zero-order valence-electron chi connectivity index (χ0n) is 26.2. The Bertz CT molecular complexity index is 1250. The molecule has 0 spiro atoms. The first kappa shape index (κ1) is 33.4. The molecule has 0 radical (unpaired) electrons. The fourth-order valence-corrected chi connectivity index (χ4v) is 7.66. The van der Waals surface area contributed by atoms with E-state index in [9.17, 15) is 18.9 Å². The Morgan fingerprint density at radius 2 is 1.45 bits per heavy atom. The predicted molar refractivity (Wildman–Crippen MR) is 168 cm³/mol. The van der Waals surface area contributed by atoms with Gasteiger partial charge >= 0.3 is 13.7 Å². The summed E-state index contributed by atoms with van der Waals surface area (Å²) in [5.74, 6) is -1.07. The van der Waals surface area contributed by atoms with E-state index >= 15 is 0 Å². The Morgan fingerprint density at radius 3 is 1.98 bits per heavy atom. The lowest BCUT2D eigenvalue weighted by atomic mass is 9.85. The van der Waals surface area contributed by atoms with E-state index < -0.39 is 42.9 Å². The molecule has 2 aromatic rings. The number of amides is 3. The molecule has 44 heavy (non-hydrogen) atoms. The van der Waals surface area contributed by atoms with E-state index in [2.05, 4.69) is 10.6 Å². The van der Waals surface area contributed by atoms with Crippen molar-refractivity contribution >= 4 is 25.5 Å². The normalized spacial score (nSPS) is 18.7. The minimum absolute atomic E-state index is 0.140. The van der Waals surface area contributed by atoms with E-state index in [1.165, 1.54) is 4.90 Å². The first-order valence-electron chi connectivity index (χ1n) is 15.7. The summed E-state index contributed by atoms with van der Waals surface area (Å²) in [6.45, 7) is 7.88. The van der Waals surface area contributed by atoms with E-state index in [0.29, 0.717) is 43.7 Å². The number of nitrogens with one attached hydrogen (secondary N) is 2. The Kier molecular flexibility index (Phi) is 11.4. The molecule has 2 aliphatic rings. The Morgan fingerprint density at radius 1 is 0.886 bits per heavy atom. The number of para-hydroxylation sites is 2. The van der Waals surface area contributed by atoms with Crippen molar-refractivity contribution in [1.29, 1.82) is 0 Å². The van der Waals surface area contributed by atoms with Gasteiger partial charge < -0.3 is 29.3 Å². The molecular formula is C33H46N3O7P. The monoisotopic (exact) mass is 627 g/mol. The standard InChI is InChI=1S/C33H46N3O7P/c1-5-15-28(44(40,42-25-18-8-6-9-19-25)43-26-20-10-7-11-21-26)34-30(37)27-22-14-23-36(27)31(38)29(33(2,3)4)35-32(39)41-24-16-12-13-17-24/h6-11,18-21,24,27-29H,5,12-17,22-23H2,1-4H3,(H,34,37)(H,35,39)/t27-,28?,29+/m0/s1. The largest absolute Gasteiger partial charge is 0.452 e. The molecule has 0 aromatic heterocycles. The Labute approximate surface area is 260 Å². The molecule has 4 rings (SSSR count). The minimum atomic E-state index is -4.02. The first-order chi connectivity index (χ1) is 21.0. The average molecular weight is 628 g/mol. The van der Waals surface area contributed by atoms with Gasteiger partial charge in [0.2, 0.25) is 11.8 Å². The van der Waals surface area contributed by atoms with Gasteiger partial charge in [0.1, 0.15) is 29.7 Å². The van der Waals surface area contributed by atoms with Crippen LogP contribution in [0.15, 0.2) is 60.7 Å². The molecule has 240 valence electrons. The molecule has 3 amide bonds. The lowest BCUT2D eigenvalue weighted by molar-refractivity contribution is -0.142. The van der Waals surface area contributed by atoms with Crippen LogP contribution in [0.3, 0.4) is 0 Å². The van der Waals surface area contributed by atoms with Crippen LogP contribution in [0.25, 0.3) is 0 Å². The molecule has 1 aliphatic heterocycles. The lowest BCUT2D eigenvalue weighted by Gasteiger charge is -2.36. The summed E-state index contributed by atoms with van der Waals surface area (Å²) in [6, 6.07) is 15.7. The maximum atomic E-state index is 14.5. The lowest BCUT2D eigenvalue weighted by Crippen LogP contribution is -2.58. The van der Waals surface area contributed by atoms with Crippen LogP contribution in [0, 0.1) is 5.41 Å². The van der Waals surface area contributed by atoms with Crippen LogP contribution in [0.4, 0.5) is 4.79 Å².